The Morgan fingerprint density at radius 1 is 1.23 bits per heavy atom. The molecule has 134 valence electrons. The molecule has 0 saturated heterocycles. The van der Waals surface area contributed by atoms with Crippen LogP contribution < -0.4 is 5.56 Å². The number of rotatable bonds is 4. The molecule has 26 heavy (non-hydrogen) atoms. The largest absolute Gasteiger partial charge is 0.468 e. The smallest absolute Gasteiger partial charge is 0.325 e. The third-order valence-electron chi connectivity index (χ3n) is 4.87. The Hall–Kier alpha value is -2.47. The Morgan fingerprint density at radius 2 is 2.00 bits per heavy atom. The number of benzene rings is 1. The van der Waals surface area contributed by atoms with Gasteiger partial charge in [0.05, 0.1) is 12.5 Å². The number of thiophene rings is 1. The first kappa shape index (κ1) is 17.0. The molecule has 0 bridgehead atoms. The second-order valence-corrected chi connectivity index (χ2v) is 7.63. The van der Waals surface area contributed by atoms with Crippen LogP contribution >= 0.6 is 11.3 Å². The Balaban J connectivity index is 1.89. The number of hydrogen-bond donors (Lipinski definition) is 0. The number of fused-ring (bicyclic) bond motifs is 3. The summed E-state index contributed by atoms with van der Waals surface area (Å²) >= 11 is 1.63. The molecule has 1 aliphatic carbocycles. The van der Waals surface area contributed by atoms with Gasteiger partial charge < -0.3 is 4.74 Å². The Morgan fingerprint density at radius 3 is 2.77 bits per heavy atom. The highest BCUT2D eigenvalue weighted by Gasteiger charge is 2.23. The van der Waals surface area contributed by atoms with E-state index in [4.69, 9.17) is 9.72 Å². The highest BCUT2D eigenvalue weighted by molar-refractivity contribution is 7.18. The number of hydrogen-bond acceptors (Lipinski definition) is 5. The number of aryl methyl sites for hydroxylation is 2. The zero-order valence-electron chi connectivity index (χ0n) is 14.7. The van der Waals surface area contributed by atoms with Crippen molar-refractivity contribution in [1.82, 2.24) is 9.55 Å². The van der Waals surface area contributed by atoms with Gasteiger partial charge in [-0.25, -0.2) is 4.98 Å². The number of carbonyl (C=O) groups excluding carboxylic acids is 1. The molecule has 1 aromatic carbocycles. The molecule has 0 spiro atoms. The summed E-state index contributed by atoms with van der Waals surface area (Å²) in [6.45, 7) is -0.106. The molecule has 0 N–H and O–H groups in total. The van der Waals surface area contributed by atoms with Gasteiger partial charge in [-0.3, -0.25) is 14.2 Å². The van der Waals surface area contributed by atoms with Crippen molar-refractivity contribution in [3.8, 4) is 0 Å². The van der Waals surface area contributed by atoms with E-state index in [1.807, 2.05) is 30.3 Å². The molecule has 0 radical (unpaired) electrons. The summed E-state index contributed by atoms with van der Waals surface area (Å²) < 4.78 is 6.29. The highest BCUT2D eigenvalue weighted by Crippen LogP contribution is 2.33. The van der Waals surface area contributed by atoms with Crippen LogP contribution in [0.3, 0.4) is 0 Å². The van der Waals surface area contributed by atoms with Crippen LogP contribution in [0.5, 0.6) is 0 Å². The van der Waals surface area contributed by atoms with Gasteiger partial charge in [0.1, 0.15) is 17.2 Å². The molecule has 0 aliphatic heterocycles. The van der Waals surface area contributed by atoms with Gasteiger partial charge in [-0.1, -0.05) is 30.3 Å². The molecule has 2 heterocycles. The Kier molecular flexibility index (Phi) is 4.59. The van der Waals surface area contributed by atoms with Gasteiger partial charge in [0.25, 0.3) is 5.56 Å². The van der Waals surface area contributed by atoms with Crippen LogP contribution in [0.25, 0.3) is 10.2 Å². The lowest BCUT2D eigenvalue weighted by atomic mass is 9.97. The number of esters is 1. The Bertz CT molecular complexity index is 1020. The quantitative estimate of drug-likeness (QED) is 0.664. The molecule has 5 nitrogen and oxygen atoms in total. The summed E-state index contributed by atoms with van der Waals surface area (Å²) in [5.74, 6) is 0.171. The second kappa shape index (κ2) is 7.03. The molecular weight excluding hydrogens is 348 g/mol. The predicted molar refractivity (Wildman–Crippen MR) is 102 cm³/mol. The molecule has 0 saturated carbocycles. The summed E-state index contributed by atoms with van der Waals surface area (Å²) in [4.78, 5) is 32.0. The highest BCUT2D eigenvalue weighted by atomic mass is 32.1. The maximum absolute atomic E-state index is 13.2. The lowest BCUT2D eigenvalue weighted by molar-refractivity contribution is -0.141. The summed E-state index contributed by atoms with van der Waals surface area (Å²) in [6.07, 6.45) is 4.70. The molecule has 0 atom stereocenters. The molecule has 1 aliphatic rings. The first-order valence-electron chi connectivity index (χ1n) is 8.82. The SMILES string of the molecule is COC(=O)Cn1c(Cc2ccccc2)nc2sc3c(c2c1=O)CCCC3. The lowest BCUT2D eigenvalue weighted by Gasteiger charge is -2.13. The van der Waals surface area contributed by atoms with Crippen LogP contribution in [0.4, 0.5) is 0 Å². The van der Waals surface area contributed by atoms with Crippen molar-refractivity contribution in [3.63, 3.8) is 0 Å². The number of carbonyl (C=O) groups is 1. The standard InChI is InChI=1S/C20H20N2O3S/c1-25-17(23)12-22-16(11-13-7-3-2-4-8-13)21-19-18(20(22)24)14-9-5-6-10-15(14)26-19/h2-4,7-8H,5-6,9-12H2,1H3. The van der Waals surface area contributed by atoms with Crippen molar-refractivity contribution < 1.29 is 9.53 Å². The summed E-state index contributed by atoms with van der Waals surface area (Å²) in [5.41, 5.74) is 2.07. The molecule has 0 amide bonds. The van der Waals surface area contributed by atoms with Crippen LogP contribution in [0.2, 0.25) is 0 Å². The molecule has 3 aromatic rings. The number of methoxy groups -OCH3 is 1. The van der Waals surface area contributed by atoms with E-state index in [2.05, 4.69) is 0 Å². The fourth-order valence-electron chi connectivity index (χ4n) is 3.55. The first-order valence-corrected chi connectivity index (χ1v) is 9.63. The van der Waals surface area contributed by atoms with E-state index >= 15 is 0 Å². The van der Waals surface area contributed by atoms with Crippen molar-refractivity contribution in [2.24, 2.45) is 0 Å². The first-order chi connectivity index (χ1) is 12.7. The number of aromatic nitrogens is 2. The molecule has 4 rings (SSSR count). The molecular formula is C20H20N2O3S. The van der Waals surface area contributed by atoms with Crippen LogP contribution in [0.15, 0.2) is 35.1 Å². The van der Waals surface area contributed by atoms with Gasteiger partial charge in [0, 0.05) is 11.3 Å². The van der Waals surface area contributed by atoms with Crippen LogP contribution in [0.1, 0.15) is 34.7 Å². The van der Waals surface area contributed by atoms with Gasteiger partial charge in [-0.15, -0.1) is 11.3 Å². The monoisotopic (exact) mass is 368 g/mol. The van der Waals surface area contributed by atoms with Crippen LogP contribution in [0, 0.1) is 0 Å². The van der Waals surface area contributed by atoms with Crippen molar-refractivity contribution in [2.75, 3.05) is 7.11 Å². The summed E-state index contributed by atoms with van der Waals surface area (Å²) in [5, 5.41) is 0.699. The van der Waals surface area contributed by atoms with E-state index in [0.29, 0.717) is 17.6 Å². The number of ether oxygens (including phenoxy) is 1. The third kappa shape index (κ3) is 3.05. The lowest BCUT2D eigenvalue weighted by Crippen LogP contribution is -2.29. The average molecular weight is 368 g/mol. The molecule has 6 heteroatoms. The Labute approximate surface area is 155 Å². The summed E-state index contributed by atoms with van der Waals surface area (Å²) in [7, 11) is 1.34. The maximum atomic E-state index is 13.2. The zero-order valence-corrected chi connectivity index (χ0v) is 15.5. The van der Waals surface area contributed by atoms with Gasteiger partial charge >= 0.3 is 5.97 Å². The fraction of sp³-hybridized carbons (Fsp3) is 0.350. The fourth-order valence-corrected chi connectivity index (χ4v) is 4.82. The van der Waals surface area contributed by atoms with E-state index in [-0.39, 0.29) is 12.1 Å². The minimum absolute atomic E-state index is 0.106. The van der Waals surface area contributed by atoms with E-state index in [9.17, 15) is 9.59 Å². The van der Waals surface area contributed by atoms with Crippen molar-refractivity contribution in [1.29, 1.82) is 0 Å². The van der Waals surface area contributed by atoms with Crippen molar-refractivity contribution >= 4 is 27.5 Å². The third-order valence-corrected chi connectivity index (χ3v) is 6.06. The van der Waals surface area contributed by atoms with Gasteiger partial charge in [-0.2, -0.15) is 0 Å². The van der Waals surface area contributed by atoms with Gasteiger partial charge in [-0.05, 0) is 36.8 Å². The minimum Gasteiger partial charge on any atom is -0.468 e. The molecule has 0 unspecified atom stereocenters. The molecule has 0 fully saturated rings. The van der Waals surface area contributed by atoms with Crippen molar-refractivity contribution in [3.05, 3.63) is 62.5 Å². The average Bonchev–Trinajstić information content (AvgIpc) is 3.03. The summed E-state index contributed by atoms with van der Waals surface area (Å²) in [6, 6.07) is 9.87. The van der Waals surface area contributed by atoms with Crippen molar-refractivity contribution in [2.45, 2.75) is 38.6 Å². The number of nitrogens with zero attached hydrogens (tertiary/aromatic N) is 2. The van der Waals surface area contributed by atoms with Crippen LogP contribution in [-0.2, 0) is 35.3 Å². The predicted octanol–water partition coefficient (Wildman–Crippen LogP) is 3.10. The van der Waals surface area contributed by atoms with E-state index in [0.717, 1.165) is 41.6 Å². The zero-order chi connectivity index (χ0) is 18.1. The second-order valence-electron chi connectivity index (χ2n) is 6.55. The topological polar surface area (TPSA) is 61.2 Å². The van der Waals surface area contributed by atoms with Gasteiger partial charge in [0.2, 0.25) is 0 Å². The van der Waals surface area contributed by atoms with E-state index in [1.165, 1.54) is 16.6 Å². The van der Waals surface area contributed by atoms with Gasteiger partial charge in [0.15, 0.2) is 0 Å². The maximum Gasteiger partial charge on any atom is 0.325 e. The van der Waals surface area contributed by atoms with E-state index < -0.39 is 5.97 Å². The normalized spacial score (nSPS) is 13.6. The minimum atomic E-state index is -0.438. The molecule has 2 aromatic heterocycles. The van der Waals surface area contributed by atoms with Crippen LogP contribution in [-0.4, -0.2) is 22.6 Å². The van der Waals surface area contributed by atoms with E-state index in [1.54, 1.807) is 11.3 Å².